The summed E-state index contributed by atoms with van der Waals surface area (Å²) in [6.07, 6.45) is 5.09. The number of hydrogen-bond acceptors (Lipinski definition) is 3. The van der Waals surface area contributed by atoms with Gasteiger partial charge in [-0.2, -0.15) is 0 Å². The summed E-state index contributed by atoms with van der Waals surface area (Å²) in [5.41, 5.74) is 10.7. The molecule has 0 fully saturated rings. The second kappa shape index (κ2) is 8.73. The molecule has 0 radical (unpaired) electrons. The van der Waals surface area contributed by atoms with Gasteiger partial charge in [-0.15, -0.1) is 11.8 Å². The van der Waals surface area contributed by atoms with Gasteiger partial charge in [-0.25, -0.2) is 0 Å². The molecule has 1 aromatic carbocycles. The molecule has 1 atom stereocenters. The maximum atomic E-state index is 7.28. The Morgan fingerprint density at radius 3 is 2.62 bits per heavy atom. The number of rotatable bonds is 7. The highest BCUT2D eigenvalue weighted by Crippen LogP contribution is 2.32. The molecule has 0 heterocycles. The van der Waals surface area contributed by atoms with Crippen LogP contribution < -0.4 is 5.73 Å². The van der Waals surface area contributed by atoms with Gasteiger partial charge >= 0.3 is 0 Å². The second-order valence-electron chi connectivity index (χ2n) is 5.26. The smallest absolute Gasteiger partial charge is 0.0333 e. The SMILES string of the molecule is CC/C(C)=C\C(=C(\N)CC=N)C(C)Sc1ccccc1C. The first kappa shape index (κ1) is 17.6. The largest absolute Gasteiger partial charge is 0.401 e. The van der Waals surface area contributed by atoms with Crippen molar-refractivity contribution in [2.24, 2.45) is 5.73 Å². The first-order valence-electron chi connectivity index (χ1n) is 7.36. The van der Waals surface area contributed by atoms with E-state index < -0.39 is 0 Å². The van der Waals surface area contributed by atoms with Gasteiger partial charge in [0.25, 0.3) is 0 Å². The van der Waals surface area contributed by atoms with Gasteiger partial charge in [0.15, 0.2) is 0 Å². The topological polar surface area (TPSA) is 49.9 Å². The van der Waals surface area contributed by atoms with Crippen molar-refractivity contribution < 1.29 is 0 Å². The van der Waals surface area contributed by atoms with Crippen LogP contribution in [0.4, 0.5) is 0 Å². The van der Waals surface area contributed by atoms with Gasteiger partial charge in [-0.05, 0) is 44.4 Å². The van der Waals surface area contributed by atoms with Gasteiger partial charge in [0, 0.05) is 28.5 Å². The summed E-state index contributed by atoms with van der Waals surface area (Å²) in [5, 5.41) is 7.55. The minimum Gasteiger partial charge on any atom is -0.401 e. The molecule has 0 amide bonds. The average Bonchev–Trinajstić information content (AvgIpc) is 2.46. The molecule has 3 N–H and O–H groups in total. The van der Waals surface area contributed by atoms with E-state index in [0.29, 0.717) is 6.42 Å². The van der Waals surface area contributed by atoms with Crippen LogP contribution in [-0.4, -0.2) is 11.5 Å². The lowest BCUT2D eigenvalue weighted by Crippen LogP contribution is -2.10. The normalized spacial score (nSPS) is 14.6. The van der Waals surface area contributed by atoms with Crippen LogP contribution in [0.2, 0.25) is 0 Å². The Bertz CT molecular complexity index is 544. The molecule has 2 nitrogen and oxygen atoms in total. The van der Waals surface area contributed by atoms with Gasteiger partial charge in [-0.1, -0.05) is 36.8 Å². The molecule has 0 saturated heterocycles. The third-order valence-electron chi connectivity index (χ3n) is 3.49. The molecule has 1 unspecified atom stereocenters. The van der Waals surface area contributed by atoms with Crippen molar-refractivity contribution in [2.45, 2.75) is 50.7 Å². The summed E-state index contributed by atoms with van der Waals surface area (Å²) in [6.45, 7) is 8.59. The Morgan fingerprint density at radius 2 is 2.05 bits per heavy atom. The molecule has 1 rings (SSSR count). The highest BCUT2D eigenvalue weighted by molar-refractivity contribution is 8.00. The van der Waals surface area contributed by atoms with Crippen LogP contribution in [0.1, 0.15) is 39.2 Å². The first-order chi connectivity index (χ1) is 9.99. The summed E-state index contributed by atoms with van der Waals surface area (Å²) < 4.78 is 0. The zero-order valence-electron chi connectivity index (χ0n) is 13.4. The molecule has 0 saturated carbocycles. The number of thioether (sulfide) groups is 1. The number of aryl methyl sites for hydroxylation is 1. The highest BCUT2D eigenvalue weighted by atomic mass is 32.2. The van der Waals surface area contributed by atoms with E-state index in [-0.39, 0.29) is 5.25 Å². The van der Waals surface area contributed by atoms with Crippen LogP contribution in [-0.2, 0) is 0 Å². The fourth-order valence-corrected chi connectivity index (χ4v) is 3.15. The number of nitrogens with one attached hydrogen (secondary N) is 1. The second-order valence-corrected chi connectivity index (χ2v) is 6.64. The lowest BCUT2D eigenvalue weighted by Gasteiger charge is -2.17. The fourth-order valence-electron chi connectivity index (χ4n) is 2.01. The maximum absolute atomic E-state index is 7.28. The van der Waals surface area contributed by atoms with Gasteiger partial charge in [-0.3, -0.25) is 0 Å². The number of nitrogens with two attached hydrogens (primary N) is 1. The van der Waals surface area contributed by atoms with Gasteiger partial charge in [0.05, 0.1) is 0 Å². The predicted molar refractivity (Wildman–Crippen MR) is 95.2 cm³/mol. The molecular weight excluding hydrogens is 276 g/mol. The Labute approximate surface area is 133 Å². The van der Waals surface area contributed by atoms with Crippen LogP contribution >= 0.6 is 11.8 Å². The van der Waals surface area contributed by atoms with Crippen LogP contribution in [0.25, 0.3) is 0 Å². The summed E-state index contributed by atoms with van der Waals surface area (Å²) in [5.74, 6) is 0. The Kier molecular flexibility index (Phi) is 7.30. The standard InChI is InChI=1S/C18H26N2S/c1-5-13(2)12-16(17(20)10-11-19)15(4)21-18-9-7-6-8-14(18)3/h6-9,11-12,15,19H,5,10,20H2,1-4H3/b13-12-,17-16-,19-11?. The Hall–Kier alpha value is -1.48. The van der Waals surface area contributed by atoms with Crippen molar-refractivity contribution in [2.75, 3.05) is 0 Å². The van der Waals surface area contributed by atoms with Crippen molar-refractivity contribution in [1.29, 1.82) is 5.41 Å². The lowest BCUT2D eigenvalue weighted by molar-refractivity contribution is 1.04. The van der Waals surface area contributed by atoms with E-state index in [9.17, 15) is 0 Å². The summed E-state index contributed by atoms with van der Waals surface area (Å²) in [6, 6.07) is 8.41. The van der Waals surface area contributed by atoms with E-state index in [4.69, 9.17) is 11.1 Å². The van der Waals surface area contributed by atoms with E-state index in [1.54, 1.807) is 0 Å². The molecule has 0 aliphatic heterocycles. The van der Waals surface area contributed by atoms with E-state index >= 15 is 0 Å². The maximum Gasteiger partial charge on any atom is 0.0333 e. The van der Waals surface area contributed by atoms with Crippen molar-refractivity contribution in [1.82, 2.24) is 0 Å². The van der Waals surface area contributed by atoms with Crippen LogP contribution in [0.15, 0.2) is 52.1 Å². The molecule has 21 heavy (non-hydrogen) atoms. The lowest BCUT2D eigenvalue weighted by atomic mass is 10.0. The van der Waals surface area contributed by atoms with Crippen molar-refractivity contribution in [3.63, 3.8) is 0 Å². The molecule has 0 aliphatic rings. The molecule has 0 spiro atoms. The van der Waals surface area contributed by atoms with Crippen LogP contribution in [0.5, 0.6) is 0 Å². The van der Waals surface area contributed by atoms with Crippen molar-refractivity contribution in [3.8, 4) is 0 Å². The van der Waals surface area contributed by atoms with Crippen LogP contribution in [0.3, 0.4) is 0 Å². The summed E-state index contributed by atoms with van der Waals surface area (Å²) in [7, 11) is 0. The van der Waals surface area contributed by atoms with Crippen molar-refractivity contribution >= 4 is 18.0 Å². The molecule has 0 aliphatic carbocycles. The molecule has 0 aromatic heterocycles. The molecule has 3 heteroatoms. The zero-order valence-corrected chi connectivity index (χ0v) is 14.3. The Balaban J connectivity index is 3.06. The fraction of sp³-hybridized carbons (Fsp3) is 0.389. The van der Waals surface area contributed by atoms with E-state index in [1.165, 1.54) is 22.2 Å². The third kappa shape index (κ3) is 5.43. The van der Waals surface area contributed by atoms with E-state index in [1.807, 2.05) is 11.8 Å². The van der Waals surface area contributed by atoms with E-state index in [0.717, 1.165) is 17.7 Å². The Morgan fingerprint density at radius 1 is 1.38 bits per heavy atom. The minimum atomic E-state index is 0.271. The zero-order chi connectivity index (χ0) is 15.8. The van der Waals surface area contributed by atoms with Gasteiger partial charge in [0.1, 0.15) is 0 Å². The molecule has 114 valence electrons. The van der Waals surface area contributed by atoms with E-state index in [2.05, 4.69) is 58.0 Å². The summed E-state index contributed by atoms with van der Waals surface area (Å²) >= 11 is 1.83. The number of allylic oxidation sites excluding steroid dienone is 3. The quantitative estimate of drug-likeness (QED) is 0.419. The predicted octanol–water partition coefficient (Wildman–Crippen LogP) is 5.08. The molecular formula is C18H26N2S. The van der Waals surface area contributed by atoms with Gasteiger partial charge < -0.3 is 11.1 Å². The van der Waals surface area contributed by atoms with Crippen LogP contribution in [0, 0.1) is 12.3 Å². The average molecular weight is 302 g/mol. The highest BCUT2D eigenvalue weighted by Gasteiger charge is 2.13. The molecule has 0 bridgehead atoms. The number of benzene rings is 1. The van der Waals surface area contributed by atoms with Gasteiger partial charge in [0.2, 0.25) is 0 Å². The third-order valence-corrected chi connectivity index (χ3v) is 4.81. The summed E-state index contributed by atoms with van der Waals surface area (Å²) in [4.78, 5) is 1.28. The number of hydrogen-bond donors (Lipinski definition) is 2. The van der Waals surface area contributed by atoms with Crippen molar-refractivity contribution in [3.05, 3.63) is 52.7 Å². The minimum absolute atomic E-state index is 0.271. The molecule has 1 aromatic rings. The first-order valence-corrected chi connectivity index (χ1v) is 8.24. The monoisotopic (exact) mass is 302 g/mol.